The van der Waals surface area contributed by atoms with E-state index in [-0.39, 0.29) is 0 Å². The van der Waals surface area contributed by atoms with Crippen LogP contribution < -0.4 is 0 Å². The molecule has 0 amide bonds. The maximum Gasteiger partial charge on any atom is 0.128 e. The highest BCUT2D eigenvalue weighted by Crippen LogP contribution is 2.07. The quantitative estimate of drug-likeness (QED) is 0.810. The largest absolute Gasteiger partial charge is 0.266 e. The molecule has 0 atom stereocenters. The molecule has 0 aliphatic heterocycles. The van der Waals surface area contributed by atoms with Crippen LogP contribution >= 0.6 is 27.3 Å². The Bertz CT molecular complexity index is 354. The lowest BCUT2D eigenvalue weighted by Gasteiger charge is -1.95. The van der Waals surface area contributed by atoms with Crippen molar-refractivity contribution in [3.05, 3.63) is 33.5 Å². The van der Waals surface area contributed by atoms with Crippen molar-refractivity contribution in [2.24, 2.45) is 0 Å². The number of hydrogen-bond donors (Lipinski definition) is 0. The van der Waals surface area contributed by atoms with E-state index in [1.807, 2.05) is 27.8 Å². The number of nitrogens with zero attached hydrogens (tertiary/aromatic N) is 3. The number of aromatic nitrogens is 3. The predicted molar refractivity (Wildman–Crippen MR) is 51.1 cm³/mol. The summed E-state index contributed by atoms with van der Waals surface area (Å²) in [6.07, 6.45) is 1.92. The van der Waals surface area contributed by atoms with Crippen LogP contribution in [0.25, 0.3) is 0 Å². The Morgan fingerprint density at radius 2 is 2.50 bits per heavy atom. The first-order chi connectivity index (χ1) is 5.84. The van der Waals surface area contributed by atoms with E-state index in [1.165, 1.54) is 0 Å². The van der Waals surface area contributed by atoms with Crippen molar-refractivity contribution in [1.29, 1.82) is 0 Å². The topological polar surface area (TPSA) is 30.7 Å². The number of hydrogen-bond acceptors (Lipinski definition) is 3. The van der Waals surface area contributed by atoms with Crippen molar-refractivity contribution in [2.45, 2.75) is 6.54 Å². The molecule has 2 heterocycles. The van der Waals surface area contributed by atoms with Crippen LogP contribution in [0.1, 0.15) is 5.69 Å². The molecular weight excluding hydrogens is 238 g/mol. The molecule has 0 aromatic carbocycles. The van der Waals surface area contributed by atoms with Crippen LogP contribution in [0.4, 0.5) is 0 Å². The average molecular weight is 244 g/mol. The van der Waals surface area contributed by atoms with E-state index in [4.69, 9.17) is 0 Å². The van der Waals surface area contributed by atoms with Crippen molar-refractivity contribution < 1.29 is 0 Å². The number of rotatable bonds is 2. The van der Waals surface area contributed by atoms with Gasteiger partial charge in [0.1, 0.15) is 4.60 Å². The van der Waals surface area contributed by atoms with Gasteiger partial charge in [0, 0.05) is 11.6 Å². The van der Waals surface area contributed by atoms with Gasteiger partial charge in [-0.25, -0.2) is 4.98 Å². The van der Waals surface area contributed by atoms with E-state index in [1.54, 1.807) is 11.3 Å². The van der Waals surface area contributed by atoms with Gasteiger partial charge in [-0.1, -0.05) is 0 Å². The van der Waals surface area contributed by atoms with Gasteiger partial charge in [0.05, 0.1) is 17.7 Å². The van der Waals surface area contributed by atoms with E-state index >= 15 is 0 Å². The molecule has 0 unspecified atom stereocenters. The van der Waals surface area contributed by atoms with Gasteiger partial charge < -0.3 is 0 Å². The van der Waals surface area contributed by atoms with Gasteiger partial charge in [-0.15, -0.1) is 11.3 Å². The first-order valence-corrected chi connectivity index (χ1v) is 5.14. The summed E-state index contributed by atoms with van der Waals surface area (Å²) in [5.41, 5.74) is 2.88. The molecule has 0 saturated heterocycles. The SMILES string of the molecule is Brc1ccn(Cc2cscn2)n1. The summed E-state index contributed by atoms with van der Waals surface area (Å²) in [7, 11) is 0. The van der Waals surface area contributed by atoms with Crippen LogP contribution in [0.15, 0.2) is 27.8 Å². The Hall–Kier alpha value is -0.680. The van der Waals surface area contributed by atoms with Gasteiger partial charge in [0.2, 0.25) is 0 Å². The summed E-state index contributed by atoms with van der Waals surface area (Å²) in [6, 6.07) is 1.91. The Morgan fingerprint density at radius 3 is 3.08 bits per heavy atom. The van der Waals surface area contributed by atoms with Gasteiger partial charge in [-0.05, 0) is 22.0 Å². The molecule has 2 aromatic heterocycles. The second kappa shape index (κ2) is 3.37. The Balaban J connectivity index is 2.14. The van der Waals surface area contributed by atoms with Crippen LogP contribution in [0.3, 0.4) is 0 Å². The highest BCUT2D eigenvalue weighted by molar-refractivity contribution is 9.10. The second-order valence-corrected chi connectivity index (χ2v) is 3.85. The molecule has 0 bridgehead atoms. The smallest absolute Gasteiger partial charge is 0.128 e. The summed E-state index contributed by atoms with van der Waals surface area (Å²) in [6.45, 7) is 0.745. The molecule has 0 aliphatic rings. The van der Waals surface area contributed by atoms with Crippen LogP contribution in [0, 0.1) is 0 Å². The summed E-state index contributed by atoms with van der Waals surface area (Å²) >= 11 is 4.89. The number of halogens is 1. The van der Waals surface area contributed by atoms with E-state index < -0.39 is 0 Å². The highest BCUT2D eigenvalue weighted by atomic mass is 79.9. The molecule has 5 heteroatoms. The second-order valence-electron chi connectivity index (χ2n) is 2.32. The standard InChI is InChI=1S/C7H6BrN3S/c8-7-1-2-11(10-7)3-6-4-12-5-9-6/h1-2,4-5H,3H2. The minimum atomic E-state index is 0.745. The van der Waals surface area contributed by atoms with Crippen LogP contribution in [-0.2, 0) is 6.54 Å². The minimum absolute atomic E-state index is 0.745. The molecule has 0 radical (unpaired) electrons. The first-order valence-electron chi connectivity index (χ1n) is 3.40. The molecular formula is C7H6BrN3S. The fourth-order valence-electron chi connectivity index (χ4n) is 0.907. The van der Waals surface area contributed by atoms with Crippen molar-refractivity contribution in [1.82, 2.24) is 14.8 Å². The lowest BCUT2D eigenvalue weighted by molar-refractivity contribution is 0.671. The average Bonchev–Trinajstić information content (AvgIpc) is 2.63. The van der Waals surface area contributed by atoms with Gasteiger partial charge in [0.25, 0.3) is 0 Å². The van der Waals surface area contributed by atoms with Gasteiger partial charge in [0.15, 0.2) is 0 Å². The monoisotopic (exact) mass is 243 g/mol. The normalized spacial score (nSPS) is 10.4. The predicted octanol–water partition coefficient (Wildman–Crippen LogP) is 2.15. The third kappa shape index (κ3) is 1.73. The van der Waals surface area contributed by atoms with Gasteiger partial charge in [-0.3, -0.25) is 4.68 Å². The van der Waals surface area contributed by atoms with Crippen LogP contribution in [0.2, 0.25) is 0 Å². The fraction of sp³-hybridized carbons (Fsp3) is 0.143. The third-order valence-electron chi connectivity index (χ3n) is 1.42. The molecule has 3 nitrogen and oxygen atoms in total. The maximum atomic E-state index is 4.18. The first kappa shape index (κ1) is 7.94. The molecule has 12 heavy (non-hydrogen) atoms. The number of thiazole rings is 1. The zero-order chi connectivity index (χ0) is 8.39. The summed E-state index contributed by atoms with van der Waals surface area (Å²) in [4.78, 5) is 4.16. The maximum absolute atomic E-state index is 4.18. The van der Waals surface area contributed by atoms with Crippen LogP contribution in [-0.4, -0.2) is 14.8 Å². The lowest BCUT2D eigenvalue weighted by atomic mass is 10.5. The fourth-order valence-corrected chi connectivity index (χ4v) is 1.78. The van der Waals surface area contributed by atoms with Crippen molar-refractivity contribution >= 4 is 27.3 Å². The molecule has 2 rings (SSSR count). The van der Waals surface area contributed by atoms with Crippen molar-refractivity contribution in [3.8, 4) is 0 Å². The van der Waals surface area contributed by atoms with Gasteiger partial charge >= 0.3 is 0 Å². The highest BCUT2D eigenvalue weighted by Gasteiger charge is 1.97. The Morgan fingerprint density at radius 1 is 1.58 bits per heavy atom. The van der Waals surface area contributed by atoms with Gasteiger partial charge in [-0.2, -0.15) is 5.10 Å². The molecule has 0 spiro atoms. The van der Waals surface area contributed by atoms with E-state index in [0.717, 1.165) is 16.8 Å². The van der Waals surface area contributed by atoms with Crippen molar-refractivity contribution in [3.63, 3.8) is 0 Å². The molecule has 0 saturated carbocycles. The zero-order valence-corrected chi connectivity index (χ0v) is 8.55. The van der Waals surface area contributed by atoms with E-state index in [9.17, 15) is 0 Å². The Kier molecular flexibility index (Phi) is 2.23. The minimum Gasteiger partial charge on any atom is -0.266 e. The molecule has 62 valence electrons. The Labute approximate surface area is 82.2 Å². The van der Waals surface area contributed by atoms with Crippen molar-refractivity contribution in [2.75, 3.05) is 0 Å². The van der Waals surface area contributed by atoms with E-state index in [0.29, 0.717) is 0 Å². The zero-order valence-electron chi connectivity index (χ0n) is 6.14. The molecule has 0 N–H and O–H groups in total. The summed E-state index contributed by atoms with van der Waals surface area (Å²) < 4.78 is 2.71. The van der Waals surface area contributed by atoms with E-state index in [2.05, 4.69) is 26.0 Å². The molecule has 0 aliphatic carbocycles. The summed E-state index contributed by atoms with van der Waals surface area (Å²) in [5.74, 6) is 0. The molecule has 0 fully saturated rings. The van der Waals surface area contributed by atoms with Crippen LogP contribution in [0.5, 0.6) is 0 Å². The molecule has 2 aromatic rings. The lowest BCUT2D eigenvalue weighted by Crippen LogP contribution is -1.99. The summed E-state index contributed by atoms with van der Waals surface area (Å²) in [5, 5.41) is 6.21. The third-order valence-corrected chi connectivity index (χ3v) is 2.47.